The third-order valence-corrected chi connectivity index (χ3v) is 6.49. The van der Waals surface area contributed by atoms with Crippen molar-refractivity contribution in [3.05, 3.63) is 107 Å². The number of aryl methyl sites for hydroxylation is 2. The lowest BCUT2D eigenvalue weighted by Crippen LogP contribution is -2.52. The van der Waals surface area contributed by atoms with Crippen LogP contribution in [0.1, 0.15) is 39.4 Å². The highest BCUT2D eigenvalue weighted by Gasteiger charge is 2.35. The van der Waals surface area contributed by atoms with Crippen LogP contribution < -0.4 is 5.32 Å². The number of nitrogens with one attached hydrogen (secondary N) is 1. The van der Waals surface area contributed by atoms with Gasteiger partial charge in [-0.1, -0.05) is 42.5 Å². The van der Waals surface area contributed by atoms with Gasteiger partial charge in [0, 0.05) is 25.7 Å². The van der Waals surface area contributed by atoms with E-state index >= 15 is 0 Å². The van der Waals surface area contributed by atoms with Crippen LogP contribution >= 0.6 is 0 Å². The summed E-state index contributed by atoms with van der Waals surface area (Å²) in [4.78, 5) is 27.9. The van der Waals surface area contributed by atoms with Gasteiger partial charge in [-0.05, 0) is 60.7 Å². The maximum absolute atomic E-state index is 13.2. The van der Waals surface area contributed by atoms with Gasteiger partial charge in [-0.3, -0.25) is 9.59 Å². The number of hydrogen-bond donors (Lipinski definition) is 1. The number of furan rings is 1. The Labute approximate surface area is 204 Å². The van der Waals surface area contributed by atoms with Gasteiger partial charge < -0.3 is 14.6 Å². The van der Waals surface area contributed by atoms with E-state index in [2.05, 4.69) is 10.4 Å². The molecule has 1 atom stereocenters. The van der Waals surface area contributed by atoms with Crippen molar-refractivity contribution in [1.82, 2.24) is 20.0 Å². The molecule has 1 aliphatic heterocycles. The topological polar surface area (TPSA) is 80.4 Å². The molecule has 178 valence electrons. The summed E-state index contributed by atoms with van der Waals surface area (Å²) in [5, 5.41) is 7.67. The number of carbonyl (C=O) groups excluding carboxylic acids is 2. The molecule has 2 aromatic heterocycles. The van der Waals surface area contributed by atoms with Crippen LogP contribution in [0, 0.1) is 6.92 Å². The molecular weight excluding hydrogens is 440 g/mol. The van der Waals surface area contributed by atoms with Crippen LogP contribution in [-0.4, -0.2) is 39.1 Å². The normalized spacial score (nSPS) is 15.0. The van der Waals surface area contributed by atoms with E-state index in [-0.39, 0.29) is 17.6 Å². The molecule has 4 aromatic rings. The van der Waals surface area contributed by atoms with Gasteiger partial charge in [0.2, 0.25) is 5.91 Å². The number of aromatic nitrogens is 2. The number of fused-ring (bicyclic) bond motifs is 1. The summed E-state index contributed by atoms with van der Waals surface area (Å²) in [6.07, 6.45) is 5.60. The first kappa shape index (κ1) is 22.7. The van der Waals surface area contributed by atoms with Gasteiger partial charge in [0.1, 0.15) is 6.04 Å². The second-order valence-corrected chi connectivity index (χ2v) is 8.81. The predicted octanol–water partition coefficient (Wildman–Crippen LogP) is 4.09. The van der Waals surface area contributed by atoms with E-state index in [0.29, 0.717) is 19.5 Å². The fourth-order valence-electron chi connectivity index (χ4n) is 4.57. The molecule has 2 amide bonds. The molecule has 7 nitrogen and oxygen atoms in total. The maximum Gasteiger partial charge on any atom is 0.290 e. The van der Waals surface area contributed by atoms with Crippen molar-refractivity contribution >= 4 is 11.8 Å². The first-order valence-corrected chi connectivity index (χ1v) is 11.9. The Balaban J connectivity index is 1.22. The fraction of sp³-hybridized carbons (Fsp3) is 0.250. The number of rotatable bonds is 7. The molecule has 3 heterocycles. The van der Waals surface area contributed by atoms with E-state index in [4.69, 9.17) is 4.42 Å². The number of carbonyl (C=O) groups is 2. The number of amides is 2. The standard InChI is InChI=1S/C28H28N4O3/c1-20-22(19-32(30-20)24-12-3-2-4-13-24)11-7-15-29-27(33)25-17-21-9-5-6-10-23(21)18-31(25)28(34)26-14-8-16-35-26/h2-6,8-10,12-14,16,19,25H,7,11,15,17-18H2,1H3,(H,29,33). The molecule has 0 aliphatic carbocycles. The Kier molecular flexibility index (Phi) is 6.48. The summed E-state index contributed by atoms with van der Waals surface area (Å²) < 4.78 is 7.22. The average Bonchev–Trinajstić information content (AvgIpc) is 3.56. The first-order chi connectivity index (χ1) is 17.1. The molecule has 1 aliphatic rings. The van der Waals surface area contributed by atoms with Gasteiger partial charge in [0.05, 0.1) is 17.6 Å². The van der Waals surface area contributed by atoms with Crippen molar-refractivity contribution in [2.75, 3.05) is 6.54 Å². The largest absolute Gasteiger partial charge is 0.459 e. The van der Waals surface area contributed by atoms with Crippen LogP contribution in [0.4, 0.5) is 0 Å². The summed E-state index contributed by atoms with van der Waals surface area (Å²) in [6.45, 7) is 2.91. The molecule has 35 heavy (non-hydrogen) atoms. The number of para-hydroxylation sites is 1. The van der Waals surface area contributed by atoms with Gasteiger partial charge in [0.25, 0.3) is 5.91 Å². The Hall–Kier alpha value is -4.13. The maximum atomic E-state index is 13.2. The Morgan fingerprint density at radius 2 is 1.80 bits per heavy atom. The summed E-state index contributed by atoms with van der Waals surface area (Å²) in [6, 6.07) is 20.7. The van der Waals surface area contributed by atoms with E-state index in [9.17, 15) is 9.59 Å². The summed E-state index contributed by atoms with van der Waals surface area (Å²) >= 11 is 0. The van der Waals surface area contributed by atoms with E-state index in [0.717, 1.165) is 40.9 Å². The van der Waals surface area contributed by atoms with Gasteiger partial charge >= 0.3 is 0 Å². The Morgan fingerprint density at radius 3 is 2.57 bits per heavy atom. The zero-order chi connectivity index (χ0) is 24.2. The highest BCUT2D eigenvalue weighted by Crippen LogP contribution is 2.25. The van der Waals surface area contributed by atoms with E-state index in [1.807, 2.05) is 72.4 Å². The molecule has 5 rings (SSSR count). The minimum atomic E-state index is -0.579. The molecule has 0 bridgehead atoms. The average molecular weight is 469 g/mol. The molecule has 7 heteroatoms. The van der Waals surface area contributed by atoms with E-state index in [1.165, 1.54) is 6.26 Å². The third-order valence-electron chi connectivity index (χ3n) is 6.49. The Bertz CT molecular complexity index is 1310. The van der Waals surface area contributed by atoms with Crippen LogP contribution in [0.3, 0.4) is 0 Å². The second-order valence-electron chi connectivity index (χ2n) is 8.81. The van der Waals surface area contributed by atoms with Crippen LogP contribution in [0.2, 0.25) is 0 Å². The minimum absolute atomic E-state index is 0.142. The van der Waals surface area contributed by atoms with Crippen molar-refractivity contribution in [3.63, 3.8) is 0 Å². The van der Waals surface area contributed by atoms with E-state index < -0.39 is 6.04 Å². The molecule has 1 unspecified atom stereocenters. The van der Waals surface area contributed by atoms with Crippen LogP contribution in [-0.2, 0) is 24.2 Å². The summed E-state index contributed by atoms with van der Waals surface area (Å²) in [5.41, 5.74) is 5.32. The third kappa shape index (κ3) is 4.89. The van der Waals surface area contributed by atoms with Gasteiger partial charge in [-0.15, -0.1) is 0 Å². The monoisotopic (exact) mass is 468 g/mol. The van der Waals surface area contributed by atoms with Gasteiger partial charge in [-0.2, -0.15) is 5.10 Å². The molecule has 0 saturated heterocycles. The molecule has 0 fully saturated rings. The number of benzene rings is 2. The summed E-state index contributed by atoms with van der Waals surface area (Å²) in [7, 11) is 0. The first-order valence-electron chi connectivity index (χ1n) is 11.9. The highest BCUT2D eigenvalue weighted by molar-refractivity contribution is 5.96. The van der Waals surface area contributed by atoms with Crippen molar-refractivity contribution in [3.8, 4) is 5.69 Å². The van der Waals surface area contributed by atoms with Crippen molar-refractivity contribution < 1.29 is 14.0 Å². The molecule has 0 saturated carbocycles. The molecule has 0 radical (unpaired) electrons. The van der Waals surface area contributed by atoms with Crippen LogP contribution in [0.25, 0.3) is 5.69 Å². The predicted molar refractivity (Wildman–Crippen MR) is 132 cm³/mol. The van der Waals surface area contributed by atoms with Crippen LogP contribution in [0.15, 0.2) is 83.6 Å². The molecule has 1 N–H and O–H groups in total. The SMILES string of the molecule is Cc1nn(-c2ccccc2)cc1CCCNC(=O)C1Cc2ccccc2CN1C(=O)c1ccco1. The van der Waals surface area contributed by atoms with Gasteiger partial charge in [-0.25, -0.2) is 4.68 Å². The van der Waals surface area contributed by atoms with Crippen LogP contribution in [0.5, 0.6) is 0 Å². The fourth-order valence-corrected chi connectivity index (χ4v) is 4.57. The van der Waals surface area contributed by atoms with Crippen molar-refractivity contribution in [1.29, 1.82) is 0 Å². The highest BCUT2D eigenvalue weighted by atomic mass is 16.3. The quantitative estimate of drug-likeness (QED) is 0.414. The minimum Gasteiger partial charge on any atom is -0.459 e. The molecular formula is C28H28N4O3. The molecule has 2 aromatic carbocycles. The van der Waals surface area contributed by atoms with Crippen molar-refractivity contribution in [2.24, 2.45) is 0 Å². The smallest absolute Gasteiger partial charge is 0.290 e. The van der Waals surface area contributed by atoms with E-state index in [1.54, 1.807) is 17.0 Å². The number of nitrogens with zero attached hydrogens (tertiary/aromatic N) is 3. The zero-order valence-electron chi connectivity index (χ0n) is 19.7. The second kappa shape index (κ2) is 10.0. The van der Waals surface area contributed by atoms with Gasteiger partial charge in [0.15, 0.2) is 5.76 Å². The summed E-state index contributed by atoms with van der Waals surface area (Å²) in [5.74, 6) is -0.169. The lowest BCUT2D eigenvalue weighted by Gasteiger charge is -2.35. The molecule has 0 spiro atoms. The number of hydrogen-bond acceptors (Lipinski definition) is 4. The lowest BCUT2D eigenvalue weighted by molar-refractivity contribution is -0.126. The zero-order valence-corrected chi connectivity index (χ0v) is 19.7. The van der Waals surface area contributed by atoms with Crippen molar-refractivity contribution in [2.45, 2.75) is 38.8 Å². The Morgan fingerprint density at radius 1 is 1.03 bits per heavy atom. The lowest BCUT2D eigenvalue weighted by atomic mass is 9.93.